The van der Waals surface area contributed by atoms with Gasteiger partial charge in [-0.3, -0.25) is 9.69 Å². The fraction of sp³-hybridized carbons (Fsp3) is 0.211. The van der Waals surface area contributed by atoms with Gasteiger partial charge in [-0.25, -0.2) is 9.97 Å². The Labute approximate surface area is 176 Å². The predicted octanol–water partition coefficient (Wildman–Crippen LogP) is 4.45. The molecule has 9 heteroatoms. The van der Waals surface area contributed by atoms with Gasteiger partial charge < -0.3 is 9.64 Å². The van der Waals surface area contributed by atoms with Crippen LogP contribution in [0.4, 0.5) is 11.6 Å². The van der Waals surface area contributed by atoms with Crippen molar-refractivity contribution in [3.05, 3.63) is 51.5 Å². The number of likely N-dealkylation sites (N-methyl/N-ethyl adjacent to an activating group) is 1. The second kappa shape index (κ2) is 7.62. The Morgan fingerprint density at radius 2 is 1.64 bits per heavy atom. The third-order valence-corrected chi connectivity index (χ3v) is 5.46. The smallest absolute Gasteiger partial charge is 0.266 e. The van der Waals surface area contributed by atoms with Crippen LogP contribution < -0.4 is 14.5 Å². The number of carbonyl (C=O) groups excluding carboxylic acids is 1. The Kier molecular flexibility index (Phi) is 5.19. The summed E-state index contributed by atoms with van der Waals surface area (Å²) in [5, 5.41) is 0.906. The number of nitrogens with zero attached hydrogens (tertiary/aromatic N) is 4. The fourth-order valence-corrected chi connectivity index (χ4v) is 3.55. The SMILES string of the molecule is CN1CCN(C(=O)COc2cc(Cl)c(Cl)cc2Cl)c2nc3ccccc3nc21. The standard InChI is InChI=1S/C19H15Cl3N4O2/c1-25-6-7-26(19-18(25)23-14-4-2-3-5-15(14)24-19)17(27)10-28-16-9-12(21)11(20)8-13(16)22/h2-5,8-9H,6-7,10H2,1H3. The number of anilines is 2. The average Bonchev–Trinajstić information content (AvgIpc) is 2.68. The van der Waals surface area contributed by atoms with Crippen LogP contribution in [-0.2, 0) is 4.79 Å². The summed E-state index contributed by atoms with van der Waals surface area (Å²) in [5.41, 5.74) is 1.50. The zero-order chi connectivity index (χ0) is 19.8. The lowest BCUT2D eigenvalue weighted by Gasteiger charge is -2.33. The molecule has 1 amide bonds. The predicted molar refractivity (Wildman–Crippen MR) is 112 cm³/mol. The highest BCUT2D eigenvalue weighted by Gasteiger charge is 2.28. The molecule has 144 valence electrons. The van der Waals surface area contributed by atoms with Gasteiger partial charge >= 0.3 is 0 Å². The largest absolute Gasteiger partial charge is 0.482 e. The molecule has 3 aromatic rings. The van der Waals surface area contributed by atoms with Gasteiger partial charge in [0.05, 0.1) is 26.1 Å². The molecule has 2 heterocycles. The zero-order valence-electron chi connectivity index (χ0n) is 14.8. The van der Waals surface area contributed by atoms with Crippen LogP contribution in [0.5, 0.6) is 5.75 Å². The van der Waals surface area contributed by atoms with E-state index in [1.165, 1.54) is 12.1 Å². The lowest BCUT2D eigenvalue weighted by atomic mass is 10.2. The van der Waals surface area contributed by atoms with Gasteiger partial charge in [0, 0.05) is 26.2 Å². The molecule has 28 heavy (non-hydrogen) atoms. The molecule has 0 N–H and O–H groups in total. The minimum Gasteiger partial charge on any atom is -0.482 e. The summed E-state index contributed by atoms with van der Waals surface area (Å²) in [7, 11) is 1.93. The monoisotopic (exact) mass is 436 g/mol. The minimum absolute atomic E-state index is 0.213. The van der Waals surface area contributed by atoms with Crippen LogP contribution in [0.15, 0.2) is 36.4 Å². The summed E-state index contributed by atoms with van der Waals surface area (Å²) in [6.07, 6.45) is 0. The second-order valence-corrected chi connectivity index (χ2v) is 7.53. The van der Waals surface area contributed by atoms with Crippen LogP contribution in [0.2, 0.25) is 15.1 Å². The maximum Gasteiger partial charge on any atom is 0.266 e. The molecule has 1 aliphatic heterocycles. The van der Waals surface area contributed by atoms with Crippen molar-refractivity contribution in [2.24, 2.45) is 0 Å². The number of halogens is 3. The molecule has 0 unspecified atom stereocenters. The number of aromatic nitrogens is 2. The van der Waals surface area contributed by atoms with E-state index in [1.807, 2.05) is 36.2 Å². The minimum atomic E-state index is -0.249. The highest BCUT2D eigenvalue weighted by molar-refractivity contribution is 6.43. The number of benzene rings is 2. The van der Waals surface area contributed by atoms with Gasteiger partial charge in [-0.2, -0.15) is 0 Å². The molecule has 4 rings (SSSR count). The van der Waals surface area contributed by atoms with Gasteiger partial charge in [-0.1, -0.05) is 46.9 Å². The van der Waals surface area contributed by atoms with Gasteiger partial charge in [-0.05, 0) is 18.2 Å². The third-order valence-electron chi connectivity index (χ3n) is 4.44. The van der Waals surface area contributed by atoms with Gasteiger partial charge in [0.15, 0.2) is 18.2 Å². The number of amides is 1. The molecule has 2 aromatic carbocycles. The van der Waals surface area contributed by atoms with Crippen LogP contribution in [0.3, 0.4) is 0 Å². The van der Waals surface area contributed by atoms with Gasteiger partial charge in [0.1, 0.15) is 5.75 Å². The first-order chi connectivity index (χ1) is 13.4. The van der Waals surface area contributed by atoms with Crippen LogP contribution in [-0.4, -0.2) is 42.6 Å². The lowest BCUT2D eigenvalue weighted by Crippen LogP contribution is -2.45. The first kappa shape index (κ1) is 19.1. The molecule has 0 bridgehead atoms. The maximum absolute atomic E-state index is 12.9. The molecule has 0 aliphatic carbocycles. The molecule has 0 fully saturated rings. The van der Waals surface area contributed by atoms with E-state index in [0.717, 1.165) is 11.0 Å². The summed E-state index contributed by atoms with van der Waals surface area (Å²) >= 11 is 18.0. The van der Waals surface area contributed by atoms with Crippen molar-refractivity contribution in [1.82, 2.24) is 9.97 Å². The van der Waals surface area contributed by atoms with E-state index in [1.54, 1.807) is 4.90 Å². The molecular formula is C19H15Cl3N4O2. The number of carbonyl (C=O) groups is 1. The van der Waals surface area contributed by atoms with E-state index in [2.05, 4.69) is 9.97 Å². The normalized spacial score (nSPS) is 13.6. The summed E-state index contributed by atoms with van der Waals surface area (Å²) < 4.78 is 5.59. The van der Waals surface area contributed by atoms with E-state index in [4.69, 9.17) is 39.5 Å². The van der Waals surface area contributed by atoms with Gasteiger partial charge in [-0.15, -0.1) is 0 Å². The van der Waals surface area contributed by atoms with Gasteiger partial charge in [0.2, 0.25) is 0 Å². The molecule has 1 aliphatic rings. The van der Waals surface area contributed by atoms with E-state index in [0.29, 0.717) is 40.5 Å². The van der Waals surface area contributed by atoms with Crippen LogP contribution in [0.1, 0.15) is 0 Å². The Bertz CT molecular complexity index is 1080. The Morgan fingerprint density at radius 1 is 1.00 bits per heavy atom. The number of hydrogen-bond acceptors (Lipinski definition) is 5. The summed E-state index contributed by atoms with van der Waals surface area (Å²) in [4.78, 5) is 25.7. The second-order valence-electron chi connectivity index (χ2n) is 6.31. The van der Waals surface area contributed by atoms with E-state index >= 15 is 0 Å². The highest BCUT2D eigenvalue weighted by Crippen LogP contribution is 2.34. The number of para-hydroxylation sites is 2. The Morgan fingerprint density at radius 3 is 2.36 bits per heavy atom. The average molecular weight is 438 g/mol. The van der Waals surface area contributed by atoms with Crippen molar-refractivity contribution in [3.63, 3.8) is 0 Å². The molecule has 0 spiro atoms. The highest BCUT2D eigenvalue weighted by atomic mass is 35.5. The van der Waals surface area contributed by atoms with Crippen LogP contribution in [0, 0.1) is 0 Å². The number of rotatable bonds is 3. The maximum atomic E-state index is 12.9. The van der Waals surface area contributed by atoms with Crippen LogP contribution >= 0.6 is 34.8 Å². The zero-order valence-corrected chi connectivity index (χ0v) is 17.1. The Balaban J connectivity index is 1.60. The number of fused-ring (bicyclic) bond motifs is 2. The van der Waals surface area contributed by atoms with E-state index in [9.17, 15) is 4.79 Å². The van der Waals surface area contributed by atoms with Crippen molar-refractivity contribution in [1.29, 1.82) is 0 Å². The number of hydrogen-bond donors (Lipinski definition) is 0. The van der Waals surface area contributed by atoms with Gasteiger partial charge in [0.25, 0.3) is 5.91 Å². The Hall–Kier alpha value is -2.28. The first-order valence-corrected chi connectivity index (χ1v) is 9.63. The quantitative estimate of drug-likeness (QED) is 0.567. The van der Waals surface area contributed by atoms with E-state index < -0.39 is 0 Å². The molecule has 0 radical (unpaired) electrons. The first-order valence-electron chi connectivity index (χ1n) is 8.49. The third kappa shape index (κ3) is 3.55. The van der Waals surface area contributed by atoms with Crippen molar-refractivity contribution < 1.29 is 9.53 Å². The summed E-state index contributed by atoms with van der Waals surface area (Å²) in [6.45, 7) is 0.905. The van der Waals surface area contributed by atoms with Crippen LogP contribution in [0.25, 0.3) is 11.0 Å². The van der Waals surface area contributed by atoms with E-state index in [-0.39, 0.29) is 17.5 Å². The summed E-state index contributed by atoms with van der Waals surface area (Å²) in [6, 6.07) is 10.5. The lowest BCUT2D eigenvalue weighted by molar-refractivity contribution is -0.120. The molecule has 1 aromatic heterocycles. The van der Waals surface area contributed by atoms with Crippen molar-refractivity contribution >= 4 is 63.4 Å². The molecular weight excluding hydrogens is 423 g/mol. The summed E-state index contributed by atoms with van der Waals surface area (Å²) in [5.74, 6) is 1.22. The fourth-order valence-electron chi connectivity index (χ4n) is 2.96. The van der Waals surface area contributed by atoms with Crippen molar-refractivity contribution in [3.8, 4) is 5.75 Å². The van der Waals surface area contributed by atoms with Crippen molar-refractivity contribution in [2.75, 3.05) is 36.5 Å². The molecule has 6 nitrogen and oxygen atoms in total. The topological polar surface area (TPSA) is 58.6 Å². The molecule has 0 saturated heterocycles. The molecule has 0 saturated carbocycles. The van der Waals surface area contributed by atoms with Crippen molar-refractivity contribution in [2.45, 2.75) is 0 Å². The molecule has 0 atom stereocenters. The number of ether oxygens (including phenoxy) is 1.